The molecular weight excluding hydrogens is 384 g/mol. The Labute approximate surface area is 154 Å². The van der Waals surface area contributed by atoms with E-state index >= 15 is 0 Å². The van der Waals surface area contributed by atoms with Gasteiger partial charge < -0.3 is 10.2 Å². The quantitative estimate of drug-likeness (QED) is 0.725. The Kier molecular flexibility index (Phi) is 6.21. The molecule has 2 aromatic rings. The summed E-state index contributed by atoms with van der Waals surface area (Å²) in [5, 5.41) is 7.68. The lowest BCUT2D eigenvalue weighted by molar-refractivity contribution is -0.113. The number of hydrogen-bond acceptors (Lipinski definition) is 5. The van der Waals surface area contributed by atoms with Crippen molar-refractivity contribution in [3.8, 4) is 0 Å². The summed E-state index contributed by atoms with van der Waals surface area (Å²) in [6.45, 7) is 0. The molecule has 0 aromatic heterocycles. The van der Waals surface area contributed by atoms with Gasteiger partial charge in [0, 0.05) is 19.0 Å². The van der Waals surface area contributed by atoms with Gasteiger partial charge in [-0.1, -0.05) is 0 Å². The van der Waals surface area contributed by atoms with E-state index in [1.54, 1.807) is 19.0 Å². The minimum atomic E-state index is -3.94. The first-order chi connectivity index (χ1) is 12.1. The summed E-state index contributed by atoms with van der Waals surface area (Å²) in [5.41, 5.74) is 0.805. The van der Waals surface area contributed by atoms with Gasteiger partial charge in [-0.2, -0.15) is 0 Å². The van der Waals surface area contributed by atoms with Crippen LogP contribution in [0.15, 0.2) is 46.2 Å². The molecule has 0 radical (unpaired) electrons. The molecule has 0 unspecified atom stereocenters. The SMILES string of the molecule is CN(C)c1ccc(S(N)(=O)=O)cc1NC(=O)CSc1cc(F)ccc1F. The summed E-state index contributed by atoms with van der Waals surface area (Å²) >= 11 is 0.829. The molecule has 2 rings (SSSR count). The van der Waals surface area contributed by atoms with Crippen LogP contribution < -0.4 is 15.4 Å². The number of amides is 1. The van der Waals surface area contributed by atoms with Crippen LogP contribution in [0.4, 0.5) is 20.2 Å². The van der Waals surface area contributed by atoms with Gasteiger partial charge in [0.2, 0.25) is 15.9 Å². The van der Waals surface area contributed by atoms with Gasteiger partial charge in [-0.3, -0.25) is 4.79 Å². The summed E-state index contributed by atoms with van der Waals surface area (Å²) in [6.07, 6.45) is 0. The van der Waals surface area contributed by atoms with E-state index in [9.17, 15) is 22.0 Å². The molecular formula is C16H17F2N3O3S2. The van der Waals surface area contributed by atoms with Gasteiger partial charge in [0.05, 0.1) is 22.0 Å². The van der Waals surface area contributed by atoms with E-state index in [1.807, 2.05) is 0 Å². The van der Waals surface area contributed by atoms with Crippen molar-refractivity contribution in [3.05, 3.63) is 48.0 Å². The fraction of sp³-hybridized carbons (Fsp3) is 0.188. The van der Waals surface area contributed by atoms with Crippen LogP contribution in [0.1, 0.15) is 0 Å². The number of nitrogens with zero attached hydrogens (tertiary/aromatic N) is 1. The Bertz CT molecular complexity index is 934. The van der Waals surface area contributed by atoms with E-state index in [-0.39, 0.29) is 21.2 Å². The summed E-state index contributed by atoms with van der Waals surface area (Å²) in [5.74, 6) is -1.93. The highest BCUT2D eigenvalue weighted by atomic mass is 32.2. The van der Waals surface area contributed by atoms with Gasteiger partial charge in [0.1, 0.15) is 11.6 Å². The minimum absolute atomic E-state index is 0.00581. The number of rotatable bonds is 6. The minimum Gasteiger partial charge on any atom is -0.376 e. The molecule has 0 heterocycles. The normalized spacial score (nSPS) is 11.3. The second-order valence-electron chi connectivity index (χ2n) is 5.53. The van der Waals surface area contributed by atoms with Crippen molar-refractivity contribution in [3.63, 3.8) is 0 Å². The Balaban J connectivity index is 2.18. The third-order valence-electron chi connectivity index (χ3n) is 3.30. The van der Waals surface area contributed by atoms with Gasteiger partial charge >= 0.3 is 0 Å². The average Bonchev–Trinajstić information content (AvgIpc) is 2.54. The number of halogens is 2. The molecule has 0 saturated carbocycles. The van der Waals surface area contributed by atoms with E-state index in [0.29, 0.717) is 5.69 Å². The fourth-order valence-electron chi connectivity index (χ4n) is 2.10. The third-order valence-corrected chi connectivity index (χ3v) is 5.25. The van der Waals surface area contributed by atoms with Crippen molar-refractivity contribution in [2.24, 2.45) is 5.14 Å². The first kappa shape index (κ1) is 20.1. The average molecular weight is 401 g/mol. The number of sulfonamides is 1. The molecule has 6 nitrogen and oxygen atoms in total. The number of benzene rings is 2. The molecule has 0 saturated heterocycles. The van der Waals surface area contributed by atoms with Crippen LogP contribution in [0, 0.1) is 11.6 Å². The maximum absolute atomic E-state index is 13.6. The van der Waals surface area contributed by atoms with Crippen LogP contribution in [0.2, 0.25) is 0 Å². The smallest absolute Gasteiger partial charge is 0.238 e. The van der Waals surface area contributed by atoms with E-state index in [2.05, 4.69) is 5.32 Å². The van der Waals surface area contributed by atoms with Crippen molar-refractivity contribution in [2.75, 3.05) is 30.1 Å². The lowest BCUT2D eigenvalue weighted by atomic mass is 10.2. The van der Waals surface area contributed by atoms with Crippen molar-refractivity contribution in [1.82, 2.24) is 0 Å². The monoisotopic (exact) mass is 401 g/mol. The fourth-order valence-corrected chi connectivity index (χ4v) is 3.40. The van der Waals surface area contributed by atoms with Crippen molar-refractivity contribution in [1.29, 1.82) is 0 Å². The molecule has 0 aliphatic rings. The Morgan fingerprint density at radius 2 is 1.88 bits per heavy atom. The van der Waals surface area contributed by atoms with Gasteiger partial charge in [0.15, 0.2) is 0 Å². The zero-order chi connectivity index (χ0) is 19.5. The first-order valence-corrected chi connectivity index (χ1v) is 9.83. The number of hydrogen-bond donors (Lipinski definition) is 2. The molecule has 2 aromatic carbocycles. The predicted molar refractivity (Wildman–Crippen MR) is 97.9 cm³/mol. The summed E-state index contributed by atoms with van der Waals surface area (Å²) in [4.78, 5) is 13.7. The number of carbonyl (C=O) groups is 1. The number of nitrogens with one attached hydrogen (secondary N) is 1. The zero-order valence-corrected chi connectivity index (χ0v) is 15.6. The Morgan fingerprint density at radius 3 is 2.50 bits per heavy atom. The van der Waals surface area contributed by atoms with Crippen LogP contribution in [0.5, 0.6) is 0 Å². The highest BCUT2D eigenvalue weighted by Crippen LogP contribution is 2.28. The Morgan fingerprint density at radius 1 is 1.19 bits per heavy atom. The number of nitrogens with two attached hydrogens (primary N) is 1. The van der Waals surface area contributed by atoms with E-state index in [1.165, 1.54) is 18.2 Å². The van der Waals surface area contributed by atoms with Crippen molar-refractivity contribution in [2.45, 2.75) is 9.79 Å². The van der Waals surface area contributed by atoms with E-state index in [0.717, 1.165) is 30.0 Å². The molecule has 10 heteroatoms. The van der Waals surface area contributed by atoms with Crippen LogP contribution >= 0.6 is 11.8 Å². The summed E-state index contributed by atoms with van der Waals surface area (Å²) in [7, 11) is -0.494. The van der Waals surface area contributed by atoms with Gasteiger partial charge in [-0.05, 0) is 36.4 Å². The number of thioether (sulfide) groups is 1. The highest BCUT2D eigenvalue weighted by molar-refractivity contribution is 8.00. The molecule has 0 atom stereocenters. The maximum atomic E-state index is 13.6. The van der Waals surface area contributed by atoms with E-state index < -0.39 is 27.6 Å². The number of carbonyl (C=O) groups excluding carboxylic acids is 1. The lowest BCUT2D eigenvalue weighted by Gasteiger charge is -2.18. The van der Waals surface area contributed by atoms with Crippen LogP contribution in [-0.4, -0.2) is 34.2 Å². The second kappa shape index (κ2) is 8.02. The number of anilines is 2. The number of primary sulfonamides is 1. The summed E-state index contributed by atoms with van der Waals surface area (Å²) in [6, 6.07) is 7.05. The molecule has 0 aliphatic carbocycles. The van der Waals surface area contributed by atoms with Gasteiger partial charge in [-0.25, -0.2) is 22.3 Å². The summed E-state index contributed by atoms with van der Waals surface area (Å²) < 4.78 is 49.8. The van der Waals surface area contributed by atoms with Gasteiger partial charge in [0.25, 0.3) is 0 Å². The van der Waals surface area contributed by atoms with Crippen molar-refractivity contribution < 1.29 is 22.0 Å². The first-order valence-electron chi connectivity index (χ1n) is 7.30. The topological polar surface area (TPSA) is 92.5 Å². The van der Waals surface area contributed by atoms with Gasteiger partial charge in [-0.15, -0.1) is 11.8 Å². The largest absolute Gasteiger partial charge is 0.376 e. The standard InChI is InChI=1S/C16H17F2N3O3S2/c1-21(2)14-6-4-11(26(19,23)24)8-13(14)20-16(22)9-25-15-7-10(17)3-5-12(15)18/h3-8H,9H2,1-2H3,(H,20,22)(H2,19,23,24). The van der Waals surface area contributed by atoms with Crippen LogP contribution in [0.25, 0.3) is 0 Å². The molecule has 0 spiro atoms. The predicted octanol–water partition coefficient (Wildman–Crippen LogP) is 2.41. The molecule has 0 aliphatic heterocycles. The zero-order valence-electron chi connectivity index (χ0n) is 14.0. The second-order valence-corrected chi connectivity index (χ2v) is 8.11. The molecule has 1 amide bonds. The van der Waals surface area contributed by atoms with E-state index in [4.69, 9.17) is 5.14 Å². The molecule has 26 heavy (non-hydrogen) atoms. The third kappa shape index (κ3) is 5.16. The van der Waals surface area contributed by atoms with Crippen LogP contribution in [-0.2, 0) is 14.8 Å². The maximum Gasteiger partial charge on any atom is 0.238 e. The molecule has 140 valence electrons. The highest BCUT2D eigenvalue weighted by Gasteiger charge is 2.15. The Hall–Kier alpha value is -2.17. The molecule has 3 N–H and O–H groups in total. The molecule has 0 fully saturated rings. The molecule has 0 bridgehead atoms. The van der Waals surface area contributed by atoms with Crippen molar-refractivity contribution >= 4 is 39.1 Å². The van der Waals surface area contributed by atoms with Crippen LogP contribution in [0.3, 0.4) is 0 Å². The lowest BCUT2D eigenvalue weighted by Crippen LogP contribution is -2.19.